The van der Waals surface area contributed by atoms with Gasteiger partial charge in [0, 0.05) is 31.0 Å². The molecule has 1 saturated heterocycles. The summed E-state index contributed by atoms with van der Waals surface area (Å²) in [5.41, 5.74) is 8.71. The number of nitrogens with two attached hydrogens (primary N) is 1. The molecule has 0 aromatic carbocycles. The van der Waals surface area contributed by atoms with Gasteiger partial charge < -0.3 is 5.73 Å². The summed E-state index contributed by atoms with van der Waals surface area (Å²) in [6.07, 6.45) is 4.56. The first-order chi connectivity index (χ1) is 8.52. The minimum Gasteiger partial charge on any atom is -0.329 e. The summed E-state index contributed by atoms with van der Waals surface area (Å²) >= 11 is 0. The van der Waals surface area contributed by atoms with Crippen LogP contribution in [0.4, 0.5) is 0 Å². The highest BCUT2D eigenvalue weighted by atomic mass is 15.2. The summed E-state index contributed by atoms with van der Waals surface area (Å²) in [4.78, 5) is 6.92. The molecule has 0 spiro atoms. The van der Waals surface area contributed by atoms with Crippen LogP contribution in [0.1, 0.15) is 44.0 Å². The highest BCUT2D eigenvalue weighted by molar-refractivity contribution is 5.18. The quantitative estimate of drug-likeness (QED) is 0.892. The van der Waals surface area contributed by atoms with Crippen LogP contribution in [0.15, 0.2) is 18.3 Å². The van der Waals surface area contributed by atoms with Crippen molar-refractivity contribution in [1.82, 2.24) is 9.88 Å². The van der Waals surface area contributed by atoms with Crippen molar-refractivity contribution in [1.29, 1.82) is 0 Å². The van der Waals surface area contributed by atoms with Gasteiger partial charge in [-0.15, -0.1) is 0 Å². The average molecular weight is 247 g/mol. The second-order valence-corrected chi connectivity index (χ2v) is 6.22. The first-order valence-electron chi connectivity index (χ1n) is 6.88. The van der Waals surface area contributed by atoms with Crippen LogP contribution in [0, 0.1) is 12.3 Å². The Labute approximate surface area is 110 Å². The van der Waals surface area contributed by atoms with E-state index in [4.69, 9.17) is 5.73 Å². The van der Waals surface area contributed by atoms with E-state index in [1.165, 1.54) is 18.4 Å². The smallest absolute Gasteiger partial charge is 0.0485 e. The average Bonchev–Trinajstić information content (AvgIpc) is 2.31. The van der Waals surface area contributed by atoms with Crippen LogP contribution in [0.2, 0.25) is 0 Å². The molecule has 0 radical (unpaired) electrons. The Kier molecular flexibility index (Phi) is 4.03. The fourth-order valence-electron chi connectivity index (χ4n) is 2.91. The molecule has 18 heavy (non-hydrogen) atoms. The number of hydrogen-bond donors (Lipinski definition) is 1. The Morgan fingerprint density at radius 1 is 1.44 bits per heavy atom. The van der Waals surface area contributed by atoms with Crippen LogP contribution in [-0.2, 0) is 0 Å². The molecule has 1 atom stereocenters. The summed E-state index contributed by atoms with van der Waals surface area (Å²) in [5, 5.41) is 0. The number of rotatable bonds is 3. The number of aryl methyl sites for hydroxylation is 1. The van der Waals surface area contributed by atoms with Gasteiger partial charge in [-0.2, -0.15) is 0 Å². The van der Waals surface area contributed by atoms with Gasteiger partial charge in [-0.05, 0) is 43.4 Å². The summed E-state index contributed by atoms with van der Waals surface area (Å²) < 4.78 is 0. The number of likely N-dealkylation sites (tertiary alicyclic amines) is 1. The van der Waals surface area contributed by atoms with Gasteiger partial charge in [0.05, 0.1) is 0 Å². The molecule has 0 aliphatic carbocycles. The normalized spacial score (nSPS) is 21.8. The molecule has 1 aromatic heterocycles. The number of pyridine rings is 1. The zero-order chi connectivity index (χ0) is 13.2. The van der Waals surface area contributed by atoms with E-state index in [-0.39, 0.29) is 0 Å². The largest absolute Gasteiger partial charge is 0.329 e. The number of aromatic nitrogens is 1. The predicted molar refractivity (Wildman–Crippen MR) is 75.4 cm³/mol. The zero-order valence-electron chi connectivity index (χ0n) is 11.8. The number of piperidine rings is 1. The van der Waals surface area contributed by atoms with E-state index in [0.29, 0.717) is 18.0 Å². The summed E-state index contributed by atoms with van der Waals surface area (Å²) in [6.45, 7) is 9.66. The fraction of sp³-hybridized carbons (Fsp3) is 0.667. The molecule has 2 heterocycles. The van der Waals surface area contributed by atoms with Crippen molar-refractivity contribution in [3.63, 3.8) is 0 Å². The van der Waals surface area contributed by atoms with E-state index in [0.717, 1.165) is 18.8 Å². The van der Waals surface area contributed by atoms with Crippen molar-refractivity contribution >= 4 is 0 Å². The lowest BCUT2D eigenvalue weighted by Crippen LogP contribution is -2.44. The molecule has 1 aliphatic rings. The van der Waals surface area contributed by atoms with Crippen LogP contribution in [0.5, 0.6) is 0 Å². The predicted octanol–water partition coefficient (Wildman–Crippen LogP) is 2.51. The van der Waals surface area contributed by atoms with Crippen molar-refractivity contribution in [2.24, 2.45) is 11.1 Å². The fourth-order valence-corrected chi connectivity index (χ4v) is 2.91. The minimum absolute atomic E-state index is 0.317. The number of hydrogen-bond acceptors (Lipinski definition) is 3. The first kappa shape index (κ1) is 13.5. The van der Waals surface area contributed by atoms with Gasteiger partial charge >= 0.3 is 0 Å². The lowest BCUT2D eigenvalue weighted by molar-refractivity contribution is 0.0805. The van der Waals surface area contributed by atoms with E-state index in [9.17, 15) is 0 Å². The van der Waals surface area contributed by atoms with E-state index < -0.39 is 0 Å². The molecule has 3 heteroatoms. The molecule has 0 bridgehead atoms. The van der Waals surface area contributed by atoms with Gasteiger partial charge in [0.2, 0.25) is 0 Å². The Bertz CT molecular complexity index is 383. The summed E-state index contributed by atoms with van der Waals surface area (Å²) in [6, 6.07) is 4.56. The lowest BCUT2D eigenvalue weighted by atomic mass is 9.83. The molecule has 1 unspecified atom stereocenters. The molecule has 1 aliphatic heterocycles. The maximum absolute atomic E-state index is 5.99. The molecule has 2 N–H and O–H groups in total. The maximum atomic E-state index is 5.99. The molecule has 1 aromatic rings. The highest BCUT2D eigenvalue weighted by Gasteiger charge is 2.30. The Hall–Kier alpha value is -0.930. The second-order valence-electron chi connectivity index (χ2n) is 6.22. The molecule has 3 nitrogen and oxygen atoms in total. The third-order valence-corrected chi connectivity index (χ3v) is 3.91. The molecule has 1 fully saturated rings. The number of nitrogens with zero attached hydrogens (tertiary/aromatic N) is 2. The van der Waals surface area contributed by atoms with Crippen molar-refractivity contribution in [2.45, 2.75) is 39.7 Å². The molecular formula is C15H25N3. The van der Waals surface area contributed by atoms with Gasteiger partial charge in [-0.3, -0.25) is 9.88 Å². The Morgan fingerprint density at radius 2 is 2.22 bits per heavy atom. The molecular weight excluding hydrogens is 222 g/mol. The van der Waals surface area contributed by atoms with E-state index in [1.807, 2.05) is 13.1 Å². The van der Waals surface area contributed by atoms with E-state index in [2.05, 4.69) is 35.9 Å². The third kappa shape index (κ3) is 3.09. The third-order valence-electron chi connectivity index (χ3n) is 3.91. The van der Waals surface area contributed by atoms with Crippen LogP contribution in [-0.4, -0.2) is 29.5 Å². The van der Waals surface area contributed by atoms with Crippen LogP contribution in [0.3, 0.4) is 0 Å². The van der Waals surface area contributed by atoms with E-state index in [1.54, 1.807) is 0 Å². The van der Waals surface area contributed by atoms with Crippen molar-refractivity contribution in [2.75, 3.05) is 19.6 Å². The van der Waals surface area contributed by atoms with Crippen molar-refractivity contribution < 1.29 is 0 Å². The zero-order valence-corrected chi connectivity index (χ0v) is 11.8. The SMILES string of the molecule is Cc1ccc(C(CN)N2CCCC(C)(C)C2)cn1. The molecule has 100 valence electrons. The van der Waals surface area contributed by atoms with E-state index >= 15 is 0 Å². The summed E-state index contributed by atoms with van der Waals surface area (Å²) in [5.74, 6) is 0. The molecule has 0 amide bonds. The van der Waals surface area contributed by atoms with Crippen molar-refractivity contribution in [3.8, 4) is 0 Å². The monoisotopic (exact) mass is 247 g/mol. The van der Waals surface area contributed by atoms with Gasteiger partial charge in [0.25, 0.3) is 0 Å². The van der Waals surface area contributed by atoms with Crippen molar-refractivity contribution in [3.05, 3.63) is 29.6 Å². The maximum Gasteiger partial charge on any atom is 0.0485 e. The van der Waals surface area contributed by atoms with Crippen LogP contribution >= 0.6 is 0 Å². The highest BCUT2D eigenvalue weighted by Crippen LogP contribution is 2.33. The van der Waals surface area contributed by atoms with Gasteiger partial charge in [0.1, 0.15) is 0 Å². The van der Waals surface area contributed by atoms with Gasteiger partial charge in [-0.25, -0.2) is 0 Å². The van der Waals surface area contributed by atoms with Crippen LogP contribution < -0.4 is 5.73 Å². The first-order valence-corrected chi connectivity index (χ1v) is 6.88. The second kappa shape index (κ2) is 5.37. The Morgan fingerprint density at radius 3 is 2.78 bits per heavy atom. The molecule has 0 saturated carbocycles. The lowest BCUT2D eigenvalue weighted by Gasteiger charge is -2.42. The minimum atomic E-state index is 0.317. The standard InChI is InChI=1S/C15H25N3/c1-12-5-6-13(10-17-12)14(9-16)18-8-4-7-15(2,3)11-18/h5-6,10,14H,4,7-9,11,16H2,1-3H3. The molecule has 2 rings (SSSR count). The summed E-state index contributed by atoms with van der Waals surface area (Å²) in [7, 11) is 0. The topological polar surface area (TPSA) is 42.1 Å². The Balaban J connectivity index is 2.15. The van der Waals surface area contributed by atoms with Gasteiger partial charge in [0.15, 0.2) is 0 Å². The van der Waals surface area contributed by atoms with Gasteiger partial charge in [-0.1, -0.05) is 19.9 Å². The van der Waals surface area contributed by atoms with Crippen LogP contribution in [0.25, 0.3) is 0 Å².